The van der Waals surface area contributed by atoms with Gasteiger partial charge in [0.15, 0.2) is 0 Å². The van der Waals surface area contributed by atoms with E-state index in [9.17, 15) is 14.0 Å². The van der Waals surface area contributed by atoms with Crippen LogP contribution in [0.5, 0.6) is 0 Å². The molecule has 1 heterocycles. The van der Waals surface area contributed by atoms with E-state index in [1.807, 2.05) is 13.8 Å². The van der Waals surface area contributed by atoms with Crippen LogP contribution in [0.1, 0.15) is 20.3 Å². The Morgan fingerprint density at radius 3 is 2.25 bits per heavy atom. The first-order valence-electron chi connectivity index (χ1n) is 8.22. The van der Waals surface area contributed by atoms with Gasteiger partial charge in [0.2, 0.25) is 5.91 Å². The van der Waals surface area contributed by atoms with E-state index in [0.29, 0.717) is 32.6 Å². The molecule has 132 valence electrons. The molecule has 0 bridgehead atoms. The predicted octanol–water partition coefficient (Wildman–Crippen LogP) is 1.56. The molecular formula is C17H25FN4O2. The van der Waals surface area contributed by atoms with Crippen molar-refractivity contribution in [3.63, 3.8) is 0 Å². The fourth-order valence-electron chi connectivity index (χ4n) is 2.92. The maximum absolute atomic E-state index is 13.0. The topological polar surface area (TPSA) is 78.7 Å². The van der Waals surface area contributed by atoms with Crippen molar-refractivity contribution in [1.29, 1.82) is 0 Å². The molecule has 7 heteroatoms. The van der Waals surface area contributed by atoms with Crippen LogP contribution in [0.15, 0.2) is 24.3 Å². The third-order valence-electron chi connectivity index (χ3n) is 4.10. The van der Waals surface area contributed by atoms with Crippen LogP contribution in [0.4, 0.5) is 14.9 Å². The van der Waals surface area contributed by atoms with E-state index in [4.69, 9.17) is 5.73 Å². The Hall–Kier alpha value is -2.31. The zero-order valence-electron chi connectivity index (χ0n) is 14.2. The molecule has 1 fully saturated rings. The summed E-state index contributed by atoms with van der Waals surface area (Å²) in [7, 11) is 0. The summed E-state index contributed by atoms with van der Waals surface area (Å²) in [5.74, 6) is -0.0887. The molecule has 0 saturated carbocycles. The fourth-order valence-corrected chi connectivity index (χ4v) is 2.92. The van der Waals surface area contributed by atoms with Crippen molar-refractivity contribution in [3.05, 3.63) is 30.1 Å². The number of halogens is 1. The Kier molecular flexibility index (Phi) is 6.00. The first-order chi connectivity index (χ1) is 11.4. The van der Waals surface area contributed by atoms with Crippen molar-refractivity contribution in [2.45, 2.75) is 26.3 Å². The number of hydrogen-bond donors (Lipinski definition) is 2. The Morgan fingerprint density at radius 1 is 1.17 bits per heavy atom. The molecule has 1 aromatic carbocycles. The summed E-state index contributed by atoms with van der Waals surface area (Å²) in [5, 5.41) is 2.55. The molecule has 1 aliphatic rings. The van der Waals surface area contributed by atoms with Crippen LogP contribution in [0.2, 0.25) is 0 Å². The number of nitrogens with two attached hydrogens (primary N) is 1. The molecule has 0 unspecified atom stereocenters. The van der Waals surface area contributed by atoms with Crippen molar-refractivity contribution < 1.29 is 14.0 Å². The standard InChI is InChI=1S/C17H25FN4O2/c1-12(2)11-15(20-17(19)24)16(23)22-9-7-21(8-10-22)14-5-3-13(18)4-6-14/h3-6,12,15H,7-11H2,1-2H3,(H3,19,20,24)/t15-/m0/s1. The zero-order valence-corrected chi connectivity index (χ0v) is 14.2. The molecule has 1 aliphatic heterocycles. The van der Waals surface area contributed by atoms with Crippen LogP contribution in [-0.4, -0.2) is 49.1 Å². The number of hydrogen-bond acceptors (Lipinski definition) is 3. The molecule has 3 N–H and O–H groups in total. The Morgan fingerprint density at radius 2 is 1.75 bits per heavy atom. The smallest absolute Gasteiger partial charge is 0.312 e. The first kappa shape index (κ1) is 18.0. The van der Waals surface area contributed by atoms with E-state index < -0.39 is 12.1 Å². The van der Waals surface area contributed by atoms with Crippen molar-refractivity contribution in [2.75, 3.05) is 31.1 Å². The highest BCUT2D eigenvalue weighted by Crippen LogP contribution is 2.18. The van der Waals surface area contributed by atoms with Gasteiger partial charge < -0.3 is 20.9 Å². The van der Waals surface area contributed by atoms with Crippen LogP contribution in [-0.2, 0) is 4.79 Å². The van der Waals surface area contributed by atoms with Gasteiger partial charge in [0, 0.05) is 31.9 Å². The number of primary amides is 1. The predicted molar refractivity (Wildman–Crippen MR) is 91.2 cm³/mol. The summed E-state index contributed by atoms with van der Waals surface area (Å²) >= 11 is 0. The molecule has 1 atom stereocenters. The van der Waals surface area contributed by atoms with Gasteiger partial charge in [-0.2, -0.15) is 0 Å². The highest BCUT2D eigenvalue weighted by Gasteiger charge is 2.28. The summed E-state index contributed by atoms with van der Waals surface area (Å²) in [6, 6.07) is 5.08. The molecule has 1 aromatic rings. The molecule has 24 heavy (non-hydrogen) atoms. The number of nitrogens with zero attached hydrogens (tertiary/aromatic N) is 2. The van der Waals surface area contributed by atoms with Crippen molar-refractivity contribution in [1.82, 2.24) is 10.2 Å². The molecule has 0 radical (unpaired) electrons. The number of piperazine rings is 1. The van der Waals surface area contributed by atoms with Crippen LogP contribution in [0.25, 0.3) is 0 Å². The van der Waals surface area contributed by atoms with E-state index in [0.717, 1.165) is 5.69 Å². The number of amides is 3. The van der Waals surface area contributed by atoms with Crippen molar-refractivity contribution in [3.8, 4) is 0 Å². The lowest BCUT2D eigenvalue weighted by atomic mass is 10.0. The molecule has 0 aliphatic carbocycles. The van der Waals surface area contributed by atoms with E-state index in [1.165, 1.54) is 12.1 Å². The second kappa shape index (κ2) is 7.99. The molecular weight excluding hydrogens is 311 g/mol. The van der Waals surface area contributed by atoms with Gasteiger partial charge in [0.05, 0.1) is 0 Å². The average Bonchev–Trinajstić information content (AvgIpc) is 2.53. The second-order valence-electron chi connectivity index (χ2n) is 6.48. The van der Waals surface area contributed by atoms with Gasteiger partial charge in [-0.1, -0.05) is 13.8 Å². The number of rotatable bonds is 5. The van der Waals surface area contributed by atoms with Gasteiger partial charge in [0.25, 0.3) is 0 Å². The molecule has 3 amide bonds. The SMILES string of the molecule is CC(C)C[C@H](NC(N)=O)C(=O)N1CCN(c2ccc(F)cc2)CC1. The maximum atomic E-state index is 13.0. The number of carbonyl (C=O) groups is 2. The number of benzene rings is 1. The van der Waals surface area contributed by atoms with Gasteiger partial charge in [0.1, 0.15) is 11.9 Å². The minimum absolute atomic E-state index is 0.0961. The molecule has 6 nitrogen and oxygen atoms in total. The van der Waals surface area contributed by atoms with Gasteiger partial charge in [-0.15, -0.1) is 0 Å². The molecule has 1 saturated heterocycles. The third-order valence-corrected chi connectivity index (χ3v) is 4.10. The highest BCUT2D eigenvalue weighted by atomic mass is 19.1. The summed E-state index contributed by atoms with van der Waals surface area (Å²) in [6.45, 7) is 6.45. The summed E-state index contributed by atoms with van der Waals surface area (Å²) in [5.41, 5.74) is 6.13. The number of anilines is 1. The quantitative estimate of drug-likeness (QED) is 0.856. The van der Waals surface area contributed by atoms with Crippen molar-refractivity contribution >= 4 is 17.6 Å². The van der Waals surface area contributed by atoms with Crippen LogP contribution in [0.3, 0.4) is 0 Å². The largest absolute Gasteiger partial charge is 0.368 e. The highest BCUT2D eigenvalue weighted by molar-refractivity contribution is 5.86. The Bertz CT molecular complexity index is 568. The molecule has 2 rings (SSSR count). The van der Waals surface area contributed by atoms with Gasteiger partial charge in [-0.05, 0) is 36.6 Å². The van der Waals surface area contributed by atoms with E-state index in [-0.39, 0.29) is 17.6 Å². The van der Waals surface area contributed by atoms with E-state index in [1.54, 1.807) is 17.0 Å². The van der Waals surface area contributed by atoms with Crippen LogP contribution < -0.4 is 16.0 Å². The Balaban J connectivity index is 1.95. The van der Waals surface area contributed by atoms with E-state index in [2.05, 4.69) is 10.2 Å². The van der Waals surface area contributed by atoms with Crippen LogP contribution in [0, 0.1) is 11.7 Å². The summed E-state index contributed by atoms with van der Waals surface area (Å²) in [6.07, 6.45) is 0.556. The van der Waals surface area contributed by atoms with Gasteiger partial charge in [-0.25, -0.2) is 9.18 Å². The summed E-state index contributed by atoms with van der Waals surface area (Å²) in [4.78, 5) is 27.7. The van der Waals surface area contributed by atoms with Gasteiger partial charge in [-0.3, -0.25) is 4.79 Å². The maximum Gasteiger partial charge on any atom is 0.312 e. The lowest BCUT2D eigenvalue weighted by molar-refractivity contribution is -0.133. The number of nitrogens with one attached hydrogen (secondary N) is 1. The number of carbonyl (C=O) groups excluding carboxylic acids is 2. The fraction of sp³-hybridized carbons (Fsp3) is 0.529. The molecule has 0 spiro atoms. The lowest BCUT2D eigenvalue weighted by Gasteiger charge is -2.37. The first-order valence-corrected chi connectivity index (χ1v) is 8.22. The van der Waals surface area contributed by atoms with Crippen LogP contribution >= 0.6 is 0 Å². The summed E-state index contributed by atoms with van der Waals surface area (Å²) < 4.78 is 13.0. The third kappa shape index (κ3) is 4.84. The lowest BCUT2D eigenvalue weighted by Crippen LogP contribution is -2.56. The van der Waals surface area contributed by atoms with Gasteiger partial charge >= 0.3 is 6.03 Å². The zero-order chi connectivity index (χ0) is 17.7. The number of urea groups is 1. The Labute approximate surface area is 141 Å². The second-order valence-corrected chi connectivity index (χ2v) is 6.48. The monoisotopic (exact) mass is 336 g/mol. The minimum atomic E-state index is -0.682. The average molecular weight is 336 g/mol. The van der Waals surface area contributed by atoms with Crippen molar-refractivity contribution in [2.24, 2.45) is 11.7 Å². The van der Waals surface area contributed by atoms with E-state index >= 15 is 0 Å². The minimum Gasteiger partial charge on any atom is -0.368 e. The normalized spacial score (nSPS) is 16.2. The molecule has 0 aromatic heterocycles.